The predicted octanol–water partition coefficient (Wildman–Crippen LogP) is 3.81. The molecule has 1 aliphatic rings. The fourth-order valence-corrected chi connectivity index (χ4v) is 3.47. The van der Waals surface area contributed by atoms with Gasteiger partial charge in [-0.05, 0) is 36.1 Å². The third kappa shape index (κ3) is 2.68. The minimum atomic E-state index is 0.235. The zero-order valence-corrected chi connectivity index (χ0v) is 12.6. The van der Waals surface area contributed by atoms with Crippen molar-refractivity contribution >= 4 is 5.69 Å². The molecule has 0 fully saturated rings. The van der Waals surface area contributed by atoms with Gasteiger partial charge in [0.15, 0.2) is 0 Å². The van der Waals surface area contributed by atoms with Crippen molar-refractivity contribution in [2.24, 2.45) is 5.92 Å². The van der Waals surface area contributed by atoms with E-state index >= 15 is 0 Å². The van der Waals surface area contributed by atoms with Gasteiger partial charge in [0, 0.05) is 24.8 Å². The molecule has 2 aromatic rings. The summed E-state index contributed by atoms with van der Waals surface area (Å²) in [4.78, 5) is 2.46. The van der Waals surface area contributed by atoms with Gasteiger partial charge < -0.3 is 10.0 Å². The van der Waals surface area contributed by atoms with Crippen LogP contribution in [-0.4, -0.2) is 18.3 Å². The van der Waals surface area contributed by atoms with Crippen molar-refractivity contribution in [3.63, 3.8) is 0 Å². The Bertz CT molecular complexity index is 577. The number of para-hydroxylation sites is 1. The Balaban J connectivity index is 2.05. The minimum absolute atomic E-state index is 0.235. The van der Waals surface area contributed by atoms with Crippen molar-refractivity contribution < 1.29 is 5.11 Å². The van der Waals surface area contributed by atoms with E-state index < -0.39 is 0 Å². The summed E-state index contributed by atoms with van der Waals surface area (Å²) >= 11 is 0. The molecular weight excluding hydrogens is 258 g/mol. The molecule has 0 aliphatic carbocycles. The lowest BCUT2D eigenvalue weighted by atomic mass is 9.83. The maximum Gasteiger partial charge on any atom is 0.0595 e. The second-order valence-corrected chi connectivity index (χ2v) is 5.77. The van der Waals surface area contributed by atoms with Crippen LogP contribution in [0.1, 0.15) is 30.5 Å². The molecule has 1 aliphatic heterocycles. The first-order valence-electron chi connectivity index (χ1n) is 7.85. The van der Waals surface area contributed by atoms with Crippen LogP contribution < -0.4 is 4.90 Å². The highest BCUT2D eigenvalue weighted by Crippen LogP contribution is 2.39. The third-order valence-electron chi connectivity index (χ3n) is 4.62. The fourth-order valence-electron chi connectivity index (χ4n) is 3.47. The summed E-state index contributed by atoms with van der Waals surface area (Å²) in [5.74, 6) is 0.270. The number of hydrogen-bond acceptors (Lipinski definition) is 2. The van der Waals surface area contributed by atoms with Gasteiger partial charge in [-0.15, -0.1) is 0 Å². The van der Waals surface area contributed by atoms with Crippen LogP contribution in [0.15, 0.2) is 54.6 Å². The summed E-state index contributed by atoms with van der Waals surface area (Å²) in [7, 11) is 0. The molecule has 0 amide bonds. The second kappa shape index (κ2) is 6.31. The predicted molar refractivity (Wildman–Crippen MR) is 87.5 cm³/mol. The maximum atomic E-state index is 9.84. The van der Waals surface area contributed by atoms with Crippen LogP contribution in [-0.2, 0) is 6.42 Å². The number of aliphatic hydroxyl groups excluding tert-OH is 1. The highest BCUT2D eigenvalue weighted by molar-refractivity contribution is 5.52. The molecule has 21 heavy (non-hydrogen) atoms. The van der Waals surface area contributed by atoms with Gasteiger partial charge in [-0.25, -0.2) is 0 Å². The summed E-state index contributed by atoms with van der Waals surface area (Å²) < 4.78 is 0. The third-order valence-corrected chi connectivity index (χ3v) is 4.62. The molecule has 3 rings (SSSR count). The lowest BCUT2D eigenvalue weighted by Gasteiger charge is -2.42. The molecule has 0 saturated carbocycles. The van der Waals surface area contributed by atoms with Crippen molar-refractivity contribution in [1.82, 2.24) is 0 Å². The van der Waals surface area contributed by atoms with Crippen LogP contribution in [0.5, 0.6) is 0 Å². The molecule has 1 N–H and O–H groups in total. The molecule has 0 saturated heterocycles. The molecule has 2 atom stereocenters. The Kier molecular flexibility index (Phi) is 4.26. The van der Waals surface area contributed by atoms with E-state index in [1.54, 1.807) is 0 Å². The lowest BCUT2D eigenvalue weighted by molar-refractivity contribution is 0.194. The van der Waals surface area contributed by atoms with Gasteiger partial charge in [-0.3, -0.25) is 0 Å². The summed E-state index contributed by atoms with van der Waals surface area (Å²) in [6.07, 6.45) is 2.06. The standard InChI is InChI=1S/C19H23NO/c1-2-15(14-21)19-18-11-7-6-8-16(18)12-13-20(19)17-9-4-3-5-10-17/h3-11,15,19,21H,2,12-14H2,1H3/t15-,19-/m0/s1. The molecule has 2 heteroatoms. The minimum Gasteiger partial charge on any atom is -0.396 e. The smallest absolute Gasteiger partial charge is 0.0595 e. The van der Waals surface area contributed by atoms with E-state index in [0.717, 1.165) is 19.4 Å². The van der Waals surface area contributed by atoms with E-state index in [1.807, 2.05) is 0 Å². The molecule has 0 unspecified atom stereocenters. The Morgan fingerprint density at radius 1 is 1.10 bits per heavy atom. The summed E-state index contributed by atoms with van der Waals surface area (Å²) in [6, 6.07) is 19.5. The molecule has 2 aromatic carbocycles. The molecular formula is C19H23NO. The number of benzene rings is 2. The lowest BCUT2D eigenvalue weighted by Crippen LogP contribution is -2.40. The number of nitrogens with zero attached hydrogens (tertiary/aromatic N) is 1. The first kappa shape index (κ1) is 14.2. The van der Waals surface area contributed by atoms with E-state index in [0.29, 0.717) is 0 Å². The Hall–Kier alpha value is -1.80. The van der Waals surface area contributed by atoms with Gasteiger partial charge in [0.05, 0.1) is 6.04 Å². The highest BCUT2D eigenvalue weighted by Gasteiger charge is 2.32. The molecule has 110 valence electrons. The first-order valence-corrected chi connectivity index (χ1v) is 7.85. The van der Waals surface area contributed by atoms with Gasteiger partial charge in [0.2, 0.25) is 0 Å². The van der Waals surface area contributed by atoms with Crippen molar-refractivity contribution in [3.05, 3.63) is 65.7 Å². The number of aliphatic hydroxyl groups is 1. The highest BCUT2D eigenvalue weighted by atomic mass is 16.3. The molecule has 0 aromatic heterocycles. The van der Waals surface area contributed by atoms with Gasteiger partial charge >= 0.3 is 0 Å². The molecule has 1 heterocycles. The molecule has 0 radical (unpaired) electrons. The molecule has 0 bridgehead atoms. The Morgan fingerprint density at radius 2 is 1.81 bits per heavy atom. The summed E-state index contributed by atoms with van der Waals surface area (Å²) in [5, 5.41) is 9.84. The average Bonchev–Trinajstić information content (AvgIpc) is 2.57. The maximum absolute atomic E-state index is 9.84. The number of rotatable bonds is 4. The average molecular weight is 281 g/mol. The van der Waals surface area contributed by atoms with Gasteiger partial charge in [-0.1, -0.05) is 49.4 Å². The van der Waals surface area contributed by atoms with Crippen molar-refractivity contribution in [2.75, 3.05) is 18.1 Å². The number of anilines is 1. The fraction of sp³-hybridized carbons (Fsp3) is 0.368. The second-order valence-electron chi connectivity index (χ2n) is 5.77. The quantitative estimate of drug-likeness (QED) is 0.921. The molecule has 2 nitrogen and oxygen atoms in total. The van der Waals surface area contributed by atoms with Crippen LogP contribution in [0.3, 0.4) is 0 Å². The van der Waals surface area contributed by atoms with Crippen LogP contribution in [0, 0.1) is 5.92 Å². The topological polar surface area (TPSA) is 23.5 Å². The first-order chi connectivity index (χ1) is 10.3. The monoisotopic (exact) mass is 281 g/mol. The van der Waals surface area contributed by atoms with Crippen molar-refractivity contribution in [1.29, 1.82) is 0 Å². The van der Waals surface area contributed by atoms with E-state index in [1.165, 1.54) is 16.8 Å². The van der Waals surface area contributed by atoms with Gasteiger partial charge in [0.1, 0.15) is 0 Å². The van der Waals surface area contributed by atoms with Gasteiger partial charge in [0.25, 0.3) is 0 Å². The number of fused-ring (bicyclic) bond motifs is 1. The van der Waals surface area contributed by atoms with E-state index in [4.69, 9.17) is 0 Å². The van der Waals surface area contributed by atoms with Crippen molar-refractivity contribution in [3.8, 4) is 0 Å². The van der Waals surface area contributed by atoms with Crippen LogP contribution in [0.2, 0.25) is 0 Å². The number of hydrogen-bond donors (Lipinski definition) is 1. The molecule has 0 spiro atoms. The van der Waals surface area contributed by atoms with Crippen LogP contribution in [0.4, 0.5) is 5.69 Å². The zero-order valence-electron chi connectivity index (χ0n) is 12.6. The van der Waals surface area contributed by atoms with E-state index in [-0.39, 0.29) is 18.6 Å². The Morgan fingerprint density at radius 3 is 2.52 bits per heavy atom. The normalized spacial score (nSPS) is 19.1. The van der Waals surface area contributed by atoms with Crippen molar-refractivity contribution in [2.45, 2.75) is 25.8 Å². The zero-order chi connectivity index (χ0) is 14.7. The van der Waals surface area contributed by atoms with Gasteiger partial charge in [-0.2, -0.15) is 0 Å². The summed E-state index contributed by atoms with van der Waals surface area (Å²) in [5.41, 5.74) is 4.07. The van der Waals surface area contributed by atoms with E-state index in [9.17, 15) is 5.11 Å². The summed E-state index contributed by atoms with van der Waals surface area (Å²) in [6.45, 7) is 3.42. The Labute approximate surface area is 127 Å². The van der Waals surface area contributed by atoms with Crippen LogP contribution in [0.25, 0.3) is 0 Å². The van der Waals surface area contributed by atoms with Crippen LogP contribution >= 0.6 is 0 Å². The van der Waals surface area contributed by atoms with E-state index in [2.05, 4.69) is 66.4 Å². The SMILES string of the molecule is CC[C@@H](CO)[C@H]1c2ccccc2CCN1c1ccccc1. The largest absolute Gasteiger partial charge is 0.396 e.